The first-order chi connectivity index (χ1) is 7.25. The average Bonchev–Trinajstić information content (AvgIpc) is 2.71. The van der Waals surface area contributed by atoms with Crippen LogP contribution in [0.3, 0.4) is 0 Å². The topological polar surface area (TPSA) is 43.6 Å². The molecule has 0 N–H and O–H groups in total. The molecule has 2 aromatic rings. The van der Waals surface area contributed by atoms with Gasteiger partial charge in [-0.05, 0) is 18.2 Å². The van der Waals surface area contributed by atoms with Crippen LogP contribution in [0.5, 0.6) is 0 Å². The van der Waals surface area contributed by atoms with Crippen molar-refractivity contribution in [2.45, 2.75) is 24.1 Å². The summed E-state index contributed by atoms with van der Waals surface area (Å²) in [5, 5.41) is 13.8. The Morgan fingerprint density at radius 3 is 2.67 bits per heavy atom. The molecule has 2 rings (SSSR count). The number of nitrogens with zero attached hydrogens (tertiary/aromatic N) is 4. The lowest BCUT2D eigenvalue weighted by Gasteiger charge is -2.03. The molecule has 0 aromatic carbocycles. The Hall–Kier alpha value is -1.36. The Labute approximate surface area is 92.7 Å². The first-order valence-electron chi connectivity index (χ1n) is 4.76. The molecular formula is C10H12N4S. The molecule has 0 radical (unpaired) electrons. The van der Waals surface area contributed by atoms with Crippen LogP contribution in [0.2, 0.25) is 0 Å². The van der Waals surface area contributed by atoms with E-state index in [1.807, 2.05) is 24.4 Å². The van der Waals surface area contributed by atoms with Crippen LogP contribution in [0.15, 0.2) is 35.6 Å². The summed E-state index contributed by atoms with van der Waals surface area (Å²) in [5.74, 6) is 0.744. The molecule has 0 atom stereocenters. The fraction of sp³-hybridized carbons (Fsp3) is 0.300. The van der Waals surface area contributed by atoms with E-state index >= 15 is 0 Å². The summed E-state index contributed by atoms with van der Waals surface area (Å²) in [4.78, 5) is 0. The van der Waals surface area contributed by atoms with Gasteiger partial charge in [-0.1, -0.05) is 13.8 Å². The Morgan fingerprint density at radius 1 is 1.27 bits per heavy atom. The summed E-state index contributed by atoms with van der Waals surface area (Å²) in [6.45, 7) is 4.27. The molecular weight excluding hydrogens is 208 g/mol. The van der Waals surface area contributed by atoms with Gasteiger partial charge in [-0.3, -0.25) is 0 Å². The summed E-state index contributed by atoms with van der Waals surface area (Å²) in [6.07, 6.45) is 3.57. The highest BCUT2D eigenvalue weighted by Gasteiger charge is 2.02. The fourth-order valence-corrected chi connectivity index (χ4v) is 1.86. The van der Waals surface area contributed by atoms with E-state index in [0.717, 1.165) is 10.8 Å². The molecule has 0 saturated heterocycles. The van der Waals surface area contributed by atoms with Crippen LogP contribution in [0.25, 0.3) is 5.82 Å². The molecule has 4 nitrogen and oxygen atoms in total. The van der Waals surface area contributed by atoms with Crippen molar-refractivity contribution >= 4 is 11.8 Å². The SMILES string of the molecule is CC(C)Sc1ccc(-n2cccn2)nn1. The van der Waals surface area contributed by atoms with Crippen LogP contribution in [0.1, 0.15) is 13.8 Å². The lowest BCUT2D eigenvalue weighted by Crippen LogP contribution is -2.00. The molecule has 0 bridgehead atoms. The standard InChI is InChI=1S/C10H12N4S/c1-8(2)15-10-5-4-9(12-13-10)14-7-3-6-11-14/h3-8H,1-2H3. The largest absolute Gasteiger partial charge is 0.221 e. The number of aromatic nitrogens is 4. The molecule has 2 aromatic heterocycles. The molecule has 78 valence electrons. The van der Waals surface area contributed by atoms with E-state index in [2.05, 4.69) is 29.1 Å². The second kappa shape index (κ2) is 4.44. The van der Waals surface area contributed by atoms with Gasteiger partial charge in [0.25, 0.3) is 0 Å². The van der Waals surface area contributed by atoms with Crippen LogP contribution >= 0.6 is 11.8 Å². The third-order valence-electron chi connectivity index (χ3n) is 1.72. The van der Waals surface area contributed by atoms with Gasteiger partial charge in [-0.15, -0.1) is 22.0 Å². The predicted molar refractivity (Wildman–Crippen MR) is 60.1 cm³/mol. The van der Waals surface area contributed by atoms with E-state index in [1.54, 1.807) is 22.6 Å². The highest BCUT2D eigenvalue weighted by Crippen LogP contribution is 2.19. The van der Waals surface area contributed by atoms with Gasteiger partial charge < -0.3 is 0 Å². The summed E-state index contributed by atoms with van der Waals surface area (Å²) in [7, 11) is 0. The van der Waals surface area contributed by atoms with Crippen LogP contribution in [0.4, 0.5) is 0 Å². The third kappa shape index (κ3) is 2.56. The van der Waals surface area contributed by atoms with Crippen LogP contribution in [0, 0.1) is 0 Å². The average molecular weight is 220 g/mol. The van der Waals surface area contributed by atoms with Crippen molar-refractivity contribution in [1.29, 1.82) is 0 Å². The van der Waals surface area contributed by atoms with Gasteiger partial charge in [-0.2, -0.15) is 5.10 Å². The van der Waals surface area contributed by atoms with Crippen molar-refractivity contribution in [2.75, 3.05) is 0 Å². The lowest BCUT2D eigenvalue weighted by atomic mass is 10.5. The molecule has 0 aliphatic rings. The molecule has 0 aliphatic heterocycles. The predicted octanol–water partition coefficient (Wildman–Crippen LogP) is 2.16. The van der Waals surface area contributed by atoms with Crippen molar-refractivity contribution in [3.63, 3.8) is 0 Å². The van der Waals surface area contributed by atoms with E-state index in [4.69, 9.17) is 0 Å². The van der Waals surface area contributed by atoms with Crippen molar-refractivity contribution in [1.82, 2.24) is 20.0 Å². The smallest absolute Gasteiger partial charge is 0.175 e. The monoisotopic (exact) mass is 220 g/mol. The third-order valence-corrected chi connectivity index (χ3v) is 2.65. The molecule has 15 heavy (non-hydrogen) atoms. The first-order valence-corrected chi connectivity index (χ1v) is 5.64. The number of hydrogen-bond acceptors (Lipinski definition) is 4. The van der Waals surface area contributed by atoms with Crippen molar-refractivity contribution < 1.29 is 0 Å². The summed E-state index contributed by atoms with van der Waals surface area (Å²) in [5.41, 5.74) is 0. The van der Waals surface area contributed by atoms with Gasteiger partial charge in [0.2, 0.25) is 0 Å². The molecule has 0 saturated carbocycles. The van der Waals surface area contributed by atoms with E-state index in [9.17, 15) is 0 Å². The molecule has 0 fully saturated rings. The highest BCUT2D eigenvalue weighted by atomic mass is 32.2. The number of thioether (sulfide) groups is 1. The second-order valence-electron chi connectivity index (χ2n) is 3.35. The van der Waals surface area contributed by atoms with Gasteiger partial charge >= 0.3 is 0 Å². The molecule has 0 spiro atoms. The molecule has 0 amide bonds. The minimum Gasteiger partial charge on any atom is -0.221 e. The summed E-state index contributed by atoms with van der Waals surface area (Å²) < 4.78 is 1.69. The van der Waals surface area contributed by atoms with E-state index in [0.29, 0.717) is 5.25 Å². The Balaban J connectivity index is 2.17. The van der Waals surface area contributed by atoms with Crippen molar-refractivity contribution in [3.8, 4) is 5.82 Å². The first kappa shape index (κ1) is 10.2. The number of rotatable bonds is 3. The van der Waals surface area contributed by atoms with Gasteiger partial charge in [-0.25, -0.2) is 4.68 Å². The zero-order valence-corrected chi connectivity index (χ0v) is 9.48. The maximum absolute atomic E-state index is 4.13. The van der Waals surface area contributed by atoms with Crippen LogP contribution in [-0.2, 0) is 0 Å². The van der Waals surface area contributed by atoms with Gasteiger partial charge in [0.05, 0.1) is 0 Å². The Kier molecular flexibility index (Phi) is 3.01. The van der Waals surface area contributed by atoms with Gasteiger partial charge in [0.1, 0.15) is 5.03 Å². The minimum absolute atomic E-state index is 0.523. The van der Waals surface area contributed by atoms with Crippen LogP contribution in [-0.4, -0.2) is 25.2 Å². The van der Waals surface area contributed by atoms with Crippen molar-refractivity contribution in [2.24, 2.45) is 0 Å². The zero-order chi connectivity index (χ0) is 10.7. The van der Waals surface area contributed by atoms with E-state index in [1.165, 1.54) is 0 Å². The fourth-order valence-electron chi connectivity index (χ4n) is 1.14. The highest BCUT2D eigenvalue weighted by molar-refractivity contribution is 7.99. The minimum atomic E-state index is 0.523. The summed E-state index contributed by atoms with van der Waals surface area (Å²) >= 11 is 1.70. The normalized spacial score (nSPS) is 10.9. The maximum atomic E-state index is 4.13. The van der Waals surface area contributed by atoms with E-state index in [-0.39, 0.29) is 0 Å². The van der Waals surface area contributed by atoms with Crippen LogP contribution < -0.4 is 0 Å². The molecule has 5 heteroatoms. The Morgan fingerprint density at radius 2 is 2.13 bits per heavy atom. The van der Waals surface area contributed by atoms with E-state index < -0.39 is 0 Å². The van der Waals surface area contributed by atoms with Gasteiger partial charge in [0.15, 0.2) is 5.82 Å². The molecule has 2 heterocycles. The summed E-state index contributed by atoms with van der Waals surface area (Å²) in [6, 6.07) is 5.75. The zero-order valence-electron chi connectivity index (χ0n) is 8.66. The Bertz CT molecular complexity index is 407. The second-order valence-corrected chi connectivity index (χ2v) is 4.94. The van der Waals surface area contributed by atoms with Crippen molar-refractivity contribution in [3.05, 3.63) is 30.6 Å². The maximum Gasteiger partial charge on any atom is 0.175 e. The molecule has 0 aliphatic carbocycles. The number of hydrogen-bond donors (Lipinski definition) is 0. The molecule has 0 unspecified atom stereocenters. The quantitative estimate of drug-likeness (QED) is 0.743. The lowest BCUT2D eigenvalue weighted by molar-refractivity contribution is 0.791. The van der Waals surface area contributed by atoms with Gasteiger partial charge in [0, 0.05) is 17.6 Å².